The zero-order valence-corrected chi connectivity index (χ0v) is 23.6. The van der Waals surface area contributed by atoms with Gasteiger partial charge in [0.1, 0.15) is 7.05 Å². The highest BCUT2D eigenvalue weighted by Gasteiger charge is 2.28. The molecule has 1 aliphatic rings. The topological polar surface area (TPSA) is 3.01 Å². The van der Waals surface area contributed by atoms with Crippen molar-refractivity contribution in [3.05, 3.63) is 103 Å². The lowest BCUT2D eigenvalue weighted by molar-refractivity contribution is -0.414. The van der Waals surface area contributed by atoms with Crippen LogP contribution < -0.4 is 16.4 Å². The lowest BCUT2D eigenvalue weighted by Crippen LogP contribution is -2.66. The van der Waals surface area contributed by atoms with Crippen LogP contribution in [0.3, 0.4) is 0 Å². The largest absolute Gasteiger partial charge is 0.211 e. The van der Waals surface area contributed by atoms with Crippen LogP contribution in [0, 0.1) is 5.92 Å². The van der Waals surface area contributed by atoms with Crippen LogP contribution in [0.2, 0.25) is 6.32 Å². The Labute approximate surface area is 227 Å². The molecule has 3 aromatic carbocycles. The number of benzene rings is 3. The lowest BCUT2D eigenvalue weighted by Gasteiger charge is -2.43. The van der Waals surface area contributed by atoms with Crippen molar-refractivity contribution in [3.63, 3.8) is 0 Å². The Hall–Kier alpha value is -2.87. The summed E-state index contributed by atoms with van der Waals surface area (Å²) in [5, 5.41) is 0. The molecule has 0 spiro atoms. The van der Waals surface area contributed by atoms with Gasteiger partial charge in [0.05, 0.1) is 12.1 Å². The van der Waals surface area contributed by atoms with E-state index in [-0.39, 0.29) is 0 Å². The average Bonchev–Trinajstić information content (AvgIpc) is 3.38. The van der Waals surface area contributed by atoms with Gasteiger partial charge in [-0.15, -0.1) is 0 Å². The molecule has 0 fully saturated rings. The summed E-state index contributed by atoms with van der Waals surface area (Å²) < 4.78 is 2.17. The molecule has 0 bridgehead atoms. The van der Waals surface area contributed by atoms with Crippen molar-refractivity contribution in [1.29, 1.82) is 0 Å². The standard InChI is InChI=1S/C22H24B.C13H24N/c1-2-3-19-23(20-13-7-4-8-14-20,21-15-9-5-10-16-21)22-17-11-6-12-18-22;1-3-4-5-6-7-8-9-13-10-11-14(2)12-13/h4-18H,2-3,19H2,1H3;10-13H,3-9H2,1-2H3/q-1;+1. The SMILES string of the molecule is CCCCCCCCC1C=C[N+](C)=C1.CCCC[B-](c1ccccc1)(c1ccccc1)c1ccccc1. The van der Waals surface area contributed by atoms with Crippen LogP contribution in [0.1, 0.15) is 71.6 Å². The number of hydrogen-bond acceptors (Lipinski definition) is 0. The van der Waals surface area contributed by atoms with Crippen molar-refractivity contribution in [2.24, 2.45) is 5.92 Å². The minimum Gasteiger partial charge on any atom is -0.211 e. The van der Waals surface area contributed by atoms with Gasteiger partial charge in [-0.2, -0.15) is 22.7 Å². The van der Waals surface area contributed by atoms with Gasteiger partial charge in [0.25, 0.3) is 0 Å². The molecule has 2 heteroatoms. The molecule has 0 amide bonds. The lowest BCUT2D eigenvalue weighted by atomic mass is 9.14. The second kappa shape index (κ2) is 16.1. The number of rotatable bonds is 13. The van der Waals surface area contributed by atoms with Gasteiger partial charge >= 0.3 is 0 Å². The molecule has 0 aromatic heterocycles. The second-order valence-electron chi connectivity index (χ2n) is 10.8. The Balaban J connectivity index is 0.000000233. The molecule has 1 unspecified atom stereocenters. The highest BCUT2D eigenvalue weighted by atomic mass is 14.9. The summed E-state index contributed by atoms with van der Waals surface area (Å²) in [7, 11) is 2.11. The normalized spacial score (nSPS) is 14.7. The summed E-state index contributed by atoms with van der Waals surface area (Å²) in [6.45, 7) is 4.55. The Kier molecular flexibility index (Phi) is 12.5. The van der Waals surface area contributed by atoms with E-state index < -0.39 is 6.15 Å². The number of unbranched alkanes of at least 4 members (excludes halogenated alkanes) is 6. The van der Waals surface area contributed by atoms with E-state index in [0.717, 1.165) is 0 Å². The summed E-state index contributed by atoms with van der Waals surface area (Å²) in [5.74, 6) is 0.714. The first-order valence-corrected chi connectivity index (χ1v) is 14.8. The molecular formula is C35H48BN. The van der Waals surface area contributed by atoms with E-state index >= 15 is 0 Å². The Bertz CT molecular complexity index is 960. The number of nitrogens with zero attached hydrogens (tertiary/aromatic N) is 1. The quantitative estimate of drug-likeness (QED) is 0.131. The van der Waals surface area contributed by atoms with Crippen LogP contribution in [0.25, 0.3) is 0 Å². The molecule has 1 atom stereocenters. The molecule has 0 aliphatic carbocycles. The van der Waals surface area contributed by atoms with E-state index in [1.807, 2.05) is 0 Å². The van der Waals surface area contributed by atoms with Gasteiger partial charge in [-0.3, -0.25) is 0 Å². The maximum atomic E-state index is 2.31. The average molecular weight is 494 g/mol. The second-order valence-corrected chi connectivity index (χ2v) is 10.8. The van der Waals surface area contributed by atoms with Gasteiger partial charge in [0.2, 0.25) is 0 Å². The molecule has 0 saturated carbocycles. The van der Waals surface area contributed by atoms with Crippen molar-refractivity contribution >= 4 is 28.7 Å². The zero-order valence-electron chi connectivity index (χ0n) is 23.6. The maximum absolute atomic E-state index is 2.31. The van der Waals surface area contributed by atoms with Crippen LogP contribution in [0.15, 0.2) is 103 Å². The van der Waals surface area contributed by atoms with E-state index in [2.05, 4.69) is 135 Å². The molecule has 1 nitrogen and oxygen atoms in total. The third-order valence-electron chi connectivity index (χ3n) is 7.98. The molecule has 1 heterocycles. The fourth-order valence-electron chi connectivity index (χ4n) is 5.91. The van der Waals surface area contributed by atoms with Crippen molar-refractivity contribution in [2.45, 2.75) is 78.0 Å². The molecule has 37 heavy (non-hydrogen) atoms. The first kappa shape index (κ1) is 28.7. The summed E-state index contributed by atoms with van der Waals surface area (Å²) in [4.78, 5) is 0. The molecule has 0 radical (unpaired) electrons. The fourth-order valence-corrected chi connectivity index (χ4v) is 5.91. The predicted octanol–water partition coefficient (Wildman–Crippen LogP) is 7.55. The molecule has 4 rings (SSSR count). The van der Waals surface area contributed by atoms with E-state index in [0.29, 0.717) is 5.92 Å². The maximum Gasteiger partial charge on any atom is 0.165 e. The van der Waals surface area contributed by atoms with E-state index in [9.17, 15) is 0 Å². The monoisotopic (exact) mass is 493 g/mol. The Morgan fingerprint density at radius 2 is 1.05 bits per heavy atom. The molecule has 1 aliphatic heterocycles. The van der Waals surface area contributed by atoms with Crippen molar-refractivity contribution < 1.29 is 4.58 Å². The first-order valence-electron chi connectivity index (χ1n) is 14.8. The highest BCUT2D eigenvalue weighted by Crippen LogP contribution is 2.16. The van der Waals surface area contributed by atoms with Gasteiger partial charge < -0.3 is 0 Å². The zero-order chi connectivity index (χ0) is 26.2. The number of hydrogen-bond donors (Lipinski definition) is 0. The van der Waals surface area contributed by atoms with E-state index in [1.165, 1.54) is 80.5 Å². The van der Waals surface area contributed by atoms with Crippen LogP contribution >= 0.6 is 0 Å². The molecule has 196 valence electrons. The van der Waals surface area contributed by atoms with Gasteiger partial charge in [-0.1, -0.05) is 156 Å². The van der Waals surface area contributed by atoms with Gasteiger partial charge in [0.15, 0.2) is 12.4 Å². The third kappa shape index (κ3) is 8.59. The predicted molar refractivity (Wildman–Crippen MR) is 167 cm³/mol. The van der Waals surface area contributed by atoms with Gasteiger partial charge in [-0.25, -0.2) is 4.58 Å². The summed E-state index contributed by atoms with van der Waals surface area (Å²) in [6.07, 6.45) is 19.3. The number of allylic oxidation sites excluding steroid dienone is 1. The fraction of sp³-hybridized carbons (Fsp3) is 0.400. The minimum absolute atomic E-state index is 0.714. The van der Waals surface area contributed by atoms with Crippen LogP contribution in [-0.2, 0) is 0 Å². The highest BCUT2D eigenvalue weighted by molar-refractivity contribution is 7.11. The van der Waals surface area contributed by atoms with Gasteiger partial charge in [0, 0.05) is 0 Å². The molecular weight excluding hydrogens is 445 g/mol. The smallest absolute Gasteiger partial charge is 0.165 e. The van der Waals surface area contributed by atoms with Crippen LogP contribution in [-0.4, -0.2) is 24.0 Å². The Morgan fingerprint density at radius 3 is 1.49 bits per heavy atom. The first-order chi connectivity index (χ1) is 18.2. The van der Waals surface area contributed by atoms with Crippen LogP contribution in [0.5, 0.6) is 0 Å². The molecule has 0 N–H and O–H groups in total. The van der Waals surface area contributed by atoms with Crippen molar-refractivity contribution in [2.75, 3.05) is 7.05 Å². The summed E-state index contributed by atoms with van der Waals surface area (Å²) >= 11 is 0. The van der Waals surface area contributed by atoms with E-state index in [1.54, 1.807) is 0 Å². The third-order valence-corrected chi connectivity index (χ3v) is 7.98. The summed E-state index contributed by atoms with van der Waals surface area (Å²) in [6, 6.07) is 33.2. The Morgan fingerprint density at radius 1 is 0.595 bits per heavy atom. The minimum atomic E-state index is -0.913. The van der Waals surface area contributed by atoms with Gasteiger partial charge in [-0.05, 0) is 12.5 Å². The molecule has 0 saturated heterocycles. The van der Waals surface area contributed by atoms with Crippen LogP contribution in [0.4, 0.5) is 0 Å². The van der Waals surface area contributed by atoms with Crippen molar-refractivity contribution in [1.82, 2.24) is 0 Å². The van der Waals surface area contributed by atoms with Crippen molar-refractivity contribution in [3.8, 4) is 0 Å². The van der Waals surface area contributed by atoms with E-state index in [4.69, 9.17) is 0 Å². The summed E-state index contributed by atoms with van der Waals surface area (Å²) in [5.41, 5.74) is 4.33. The molecule has 3 aromatic rings.